The number of rotatable bonds is 2. The molecule has 0 saturated heterocycles. The van der Waals surface area contributed by atoms with Gasteiger partial charge in [-0.3, -0.25) is 0 Å². The van der Waals surface area contributed by atoms with Crippen molar-refractivity contribution in [3.63, 3.8) is 0 Å². The molecule has 0 atom stereocenters. The minimum atomic E-state index is -10.7. The zero-order valence-corrected chi connectivity index (χ0v) is 14.5. The Labute approximate surface area is 150 Å². The van der Waals surface area contributed by atoms with E-state index >= 15 is 0 Å². The molecule has 2 nitrogen and oxygen atoms in total. The number of hydrogen-bond donors (Lipinski definition) is 0. The van der Waals surface area contributed by atoms with Crippen LogP contribution in [0.1, 0.15) is 1.43 Å². The molecule has 0 saturated carbocycles. The first-order chi connectivity index (χ1) is 11.9. The van der Waals surface area contributed by atoms with Crippen LogP contribution in [0.4, 0.5) is 67.3 Å². The van der Waals surface area contributed by atoms with E-state index in [1.807, 2.05) is 0 Å². The summed E-state index contributed by atoms with van der Waals surface area (Å²) in [6.07, 6.45) is -8.78. The van der Waals surface area contributed by atoms with E-state index in [9.17, 15) is 55.9 Å². The Morgan fingerprint density at radius 1 is 0.750 bits per heavy atom. The van der Waals surface area contributed by atoms with Crippen LogP contribution in [0.15, 0.2) is 24.3 Å². The minimum Gasteiger partial charge on any atom is 1.00 e. The third-order valence-electron chi connectivity index (χ3n) is 3.47. The van der Waals surface area contributed by atoms with Crippen LogP contribution in [0.5, 0.6) is 0 Å². The molecule has 0 radical (unpaired) electrons. The molecule has 0 N–H and O–H groups in total. The molecule has 1 aromatic rings. The van der Waals surface area contributed by atoms with Gasteiger partial charge in [0, 0.05) is 14.1 Å². The van der Waals surface area contributed by atoms with E-state index in [0.29, 0.717) is 0 Å². The van der Waals surface area contributed by atoms with Gasteiger partial charge in [-0.1, -0.05) is 12.1 Å². The van der Waals surface area contributed by atoms with E-state index < -0.39 is 32.0 Å². The molecule has 1 aliphatic heterocycles. The number of para-hydroxylation sites is 2. The van der Waals surface area contributed by atoms with Crippen molar-refractivity contribution in [2.75, 3.05) is 23.9 Å². The van der Waals surface area contributed by atoms with Crippen molar-refractivity contribution in [1.29, 1.82) is 0 Å². The number of anilines is 2. The smallest absolute Gasteiger partial charge is 1.00 e. The first-order valence-corrected chi connectivity index (χ1v) is 8.84. The topological polar surface area (TPSA) is 6.48 Å². The second-order valence-corrected chi connectivity index (χ2v) is 7.65. The average molecular weight is 462 g/mol. The molecule has 2 rings (SSSR count). The van der Waals surface area contributed by atoms with Crippen molar-refractivity contribution in [3.8, 4) is 0 Å². The van der Waals surface area contributed by atoms with Crippen molar-refractivity contribution < 1.29 is 57.3 Å². The normalized spacial score (nSPS) is 18.8. The third kappa shape index (κ3) is 5.45. The quantitative estimate of drug-likeness (QED) is 0.338. The van der Waals surface area contributed by atoms with Gasteiger partial charge in [-0.25, -0.2) is 0 Å². The predicted molar refractivity (Wildman–Crippen MR) is 77.7 cm³/mol. The van der Waals surface area contributed by atoms with E-state index in [0.717, 1.165) is 23.9 Å². The molecule has 1 aliphatic rings. The second kappa shape index (κ2) is 5.92. The molecule has 1 aromatic carbocycles. The molecular weight excluding hydrogens is 450 g/mol. The van der Waals surface area contributed by atoms with Gasteiger partial charge in [0.1, 0.15) is 0 Å². The Balaban J connectivity index is 0.000000846. The number of benzene rings is 1. The third-order valence-corrected chi connectivity index (χ3v) is 3.47. The Morgan fingerprint density at radius 2 is 1.04 bits per heavy atom. The van der Waals surface area contributed by atoms with Crippen LogP contribution in [0.25, 0.3) is 0 Å². The summed E-state index contributed by atoms with van der Waals surface area (Å²) in [4.78, 5) is 1.43. The minimum absolute atomic E-state index is 0. The summed E-state index contributed by atoms with van der Waals surface area (Å²) in [5, 5.41) is 0. The first kappa shape index (κ1) is 24.4. The molecule has 0 amide bonds. The molecule has 16 heteroatoms. The van der Waals surface area contributed by atoms with Crippen molar-refractivity contribution in [1.82, 2.24) is 0 Å². The van der Waals surface area contributed by atoms with Crippen molar-refractivity contribution in [2.45, 2.75) is 24.2 Å². The summed E-state index contributed by atoms with van der Waals surface area (Å²) in [6.45, 7) is 0. The summed E-state index contributed by atoms with van der Waals surface area (Å²) in [5.74, 6) is -11.5. The molecular formula is C12H12F13N2P. The monoisotopic (exact) mass is 462 g/mol. The average Bonchev–Trinajstić information content (AvgIpc) is 2.67. The molecule has 166 valence electrons. The molecule has 1 heterocycles. The predicted octanol–water partition coefficient (Wildman–Crippen LogP) is 7.23. The van der Waals surface area contributed by atoms with Crippen molar-refractivity contribution in [2.24, 2.45) is 0 Å². The summed E-state index contributed by atoms with van der Waals surface area (Å²) in [5.41, 5.74) is 0.310. The van der Waals surface area contributed by atoms with E-state index in [1.165, 1.54) is 24.3 Å². The van der Waals surface area contributed by atoms with Crippen molar-refractivity contribution >= 4 is 19.2 Å². The van der Waals surface area contributed by atoms with Gasteiger partial charge in [0.25, 0.3) is 0 Å². The van der Waals surface area contributed by atoms with Gasteiger partial charge >= 0.3 is 52.4 Å². The number of hydrogen-bond acceptors (Lipinski definition) is 2. The zero-order chi connectivity index (χ0) is 22.6. The number of alkyl halides is 7. The van der Waals surface area contributed by atoms with E-state index in [1.54, 1.807) is 0 Å². The summed E-state index contributed by atoms with van der Waals surface area (Å²) in [6, 6.07) is 5.69. The van der Waals surface area contributed by atoms with Crippen LogP contribution in [0.2, 0.25) is 0 Å². The Morgan fingerprint density at radius 3 is 1.29 bits per heavy atom. The summed E-state index contributed by atoms with van der Waals surface area (Å²) in [7, 11) is -8.56. The SMILES string of the molecule is CN1c2ccccc2N(C)C1C(F)(F)C(F)(F)C(F)(F)F.F[P-](F)(F)(F)(F)F.[H+]. The standard InChI is InChI=1S/C12H11F7N2.F6P/c1-20-7-5-3-4-6-8(7)21(2)9(20)10(13,14)11(15,16)12(17,18)19;1-7(2,3,4,5)6/h3-6,9H,1-2H3;/q;-1/p+1. The maximum absolute atomic E-state index is 13.9. The fourth-order valence-corrected chi connectivity index (χ4v) is 2.42. The van der Waals surface area contributed by atoms with Gasteiger partial charge in [0.05, 0.1) is 11.4 Å². The first-order valence-electron chi connectivity index (χ1n) is 6.81. The largest absolute Gasteiger partial charge is 1.00 e. The molecule has 0 fully saturated rings. The Kier molecular flexibility index (Phi) is 5.16. The van der Waals surface area contributed by atoms with E-state index in [-0.39, 0.29) is 12.8 Å². The van der Waals surface area contributed by atoms with E-state index in [2.05, 4.69) is 0 Å². The molecule has 0 spiro atoms. The van der Waals surface area contributed by atoms with Gasteiger partial charge in [-0.05, 0) is 12.1 Å². The summed E-state index contributed by atoms with van der Waals surface area (Å²) >= 11 is 0. The van der Waals surface area contributed by atoms with Gasteiger partial charge in [-0.15, -0.1) is 0 Å². The zero-order valence-electron chi connectivity index (χ0n) is 14.6. The van der Waals surface area contributed by atoms with Gasteiger partial charge in [0.2, 0.25) is 0 Å². The molecule has 0 bridgehead atoms. The number of halogens is 13. The molecule has 28 heavy (non-hydrogen) atoms. The second-order valence-electron chi connectivity index (χ2n) is 5.74. The molecule has 0 aromatic heterocycles. The van der Waals surface area contributed by atoms with Gasteiger partial charge in [-0.2, -0.15) is 30.7 Å². The number of fused-ring (bicyclic) bond motifs is 1. The maximum atomic E-state index is 13.9. The Bertz CT molecular complexity index is 691. The van der Waals surface area contributed by atoms with Crippen LogP contribution in [-0.2, 0) is 0 Å². The van der Waals surface area contributed by atoms with Gasteiger partial charge in [0.15, 0.2) is 6.17 Å². The molecule has 0 aliphatic carbocycles. The fraction of sp³-hybridized carbons (Fsp3) is 0.500. The van der Waals surface area contributed by atoms with Crippen molar-refractivity contribution in [3.05, 3.63) is 24.3 Å². The molecule has 0 unspecified atom stereocenters. The van der Waals surface area contributed by atoms with Crippen LogP contribution in [0.3, 0.4) is 0 Å². The fourth-order valence-electron chi connectivity index (χ4n) is 2.42. The summed E-state index contributed by atoms with van der Waals surface area (Å²) < 4.78 is 150. The van der Waals surface area contributed by atoms with Crippen LogP contribution >= 0.6 is 7.81 Å². The Hall–Kier alpha value is -1.66. The van der Waals surface area contributed by atoms with Crippen LogP contribution < -0.4 is 9.80 Å². The van der Waals surface area contributed by atoms with E-state index in [4.69, 9.17) is 0 Å². The number of nitrogens with zero attached hydrogens (tertiary/aromatic N) is 2. The maximum Gasteiger partial charge on any atom is 1.00 e. The van der Waals surface area contributed by atoms with Crippen LogP contribution in [0, 0.1) is 0 Å². The van der Waals surface area contributed by atoms with Gasteiger partial charge < -0.3 is 9.80 Å². The van der Waals surface area contributed by atoms with Crippen LogP contribution in [-0.4, -0.2) is 38.3 Å².